The molecule has 3 heteroatoms. The third-order valence-corrected chi connectivity index (χ3v) is 4.20. The highest BCUT2D eigenvalue weighted by Crippen LogP contribution is 2.31. The van der Waals surface area contributed by atoms with Gasteiger partial charge in [0.15, 0.2) is 0 Å². The Balaban J connectivity index is 2.34. The number of benzene rings is 1. The second-order valence-electron chi connectivity index (χ2n) is 5.42. The van der Waals surface area contributed by atoms with Crippen LogP contribution in [0.25, 0.3) is 0 Å². The standard InChI is InChI=1S/C15H21NO2/c1-3-16(2)10-5-4-9-14(15(16)18)12-7-6-8-13(17)11-12/h6-8,11,14H,3-5,9-10H2,1-2H3/p+1. The summed E-state index contributed by atoms with van der Waals surface area (Å²) in [6.45, 7) is 3.85. The predicted octanol–water partition coefficient (Wildman–Crippen LogP) is 2.65. The Morgan fingerprint density at radius 3 is 2.83 bits per heavy atom. The van der Waals surface area contributed by atoms with Crippen LogP contribution < -0.4 is 0 Å². The number of hydrogen-bond acceptors (Lipinski definition) is 2. The molecule has 2 unspecified atom stereocenters. The van der Waals surface area contributed by atoms with E-state index in [1.54, 1.807) is 12.1 Å². The molecule has 98 valence electrons. The fraction of sp³-hybridized carbons (Fsp3) is 0.533. The van der Waals surface area contributed by atoms with E-state index in [9.17, 15) is 9.90 Å². The molecule has 0 saturated carbocycles. The number of carbonyl (C=O) groups is 1. The second-order valence-corrected chi connectivity index (χ2v) is 5.42. The van der Waals surface area contributed by atoms with Gasteiger partial charge < -0.3 is 5.11 Å². The van der Waals surface area contributed by atoms with Crippen LogP contribution in [0.15, 0.2) is 24.3 Å². The predicted molar refractivity (Wildman–Crippen MR) is 71.3 cm³/mol. The van der Waals surface area contributed by atoms with Crippen molar-refractivity contribution in [1.29, 1.82) is 0 Å². The first kappa shape index (κ1) is 13.1. The summed E-state index contributed by atoms with van der Waals surface area (Å²) in [7, 11) is 2.03. The molecule has 0 bridgehead atoms. The Morgan fingerprint density at radius 2 is 2.17 bits per heavy atom. The molecule has 1 N–H and O–H groups in total. The van der Waals surface area contributed by atoms with E-state index in [0.29, 0.717) is 10.4 Å². The highest BCUT2D eigenvalue weighted by molar-refractivity contribution is 5.78. The number of likely N-dealkylation sites (N-methyl/N-ethyl adjacent to an activating group) is 1. The number of rotatable bonds is 2. The van der Waals surface area contributed by atoms with E-state index in [1.807, 2.05) is 19.2 Å². The molecule has 18 heavy (non-hydrogen) atoms. The largest absolute Gasteiger partial charge is 0.508 e. The number of likely N-dealkylation sites (tertiary alicyclic amines) is 1. The fourth-order valence-corrected chi connectivity index (χ4v) is 2.78. The SMILES string of the molecule is CC[N+]1(C)CCCCC(c2cccc(O)c2)C1=O. The molecular formula is C15H22NO2+. The molecule has 1 aromatic carbocycles. The summed E-state index contributed by atoms with van der Waals surface area (Å²) in [5.74, 6) is 0.473. The van der Waals surface area contributed by atoms with Crippen molar-refractivity contribution < 1.29 is 14.4 Å². The lowest BCUT2D eigenvalue weighted by molar-refractivity contribution is -0.832. The van der Waals surface area contributed by atoms with Gasteiger partial charge in [0.1, 0.15) is 5.75 Å². The Kier molecular flexibility index (Phi) is 3.71. The summed E-state index contributed by atoms with van der Waals surface area (Å²) in [4.78, 5) is 12.7. The molecule has 0 aromatic heterocycles. The first-order chi connectivity index (χ1) is 8.57. The van der Waals surface area contributed by atoms with Gasteiger partial charge in [-0.15, -0.1) is 0 Å². The second kappa shape index (κ2) is 5.11. The number of hydrogen-bond donors (Lipinski definition) is 1. The molecule has 1 aliphatic rings. The normalized spacial score (nSPS) is 29.0. The summed E-state index contributed by atoms with van der Waals surface area (Å²) in [5.41, 5.74) is 0.958. The van der Waals surface area contributed by atoms with E-state index in [2.05, 4.69) is 6.92 Å². The van der Waals surface area contributed by atoms with E-state index in [4.69, 9.17) is 0 Å². The first-order valence-electron chi connectivity index (χ1n) is 6.75. The minimum absolute atomic E-state index is 0.0652. The Hall–Kier alpha value is -1.35. The molecule has 1 aromatic rings. The monoisotopic (exact) mass is 248 g/mol. The Labute approximate surface area is 109 Å². The molecule has 2 atom stereocenters. The van der Waals surface area contributed by atoms with Crippen LogP contribution in [0.2, 0.25) is 0 Å². The molecule has 2 rings (SSSR count). The van der Waals surface area contributed by atoms with Crippen LogP contribution in [-0.2, 0) is 4.79 Å². The van der Waals surface area contributed by atoms with E-state index >= 15 is 0 Å². The van der Waals surface area contributed by atoms with E-state index in [0.717, 1.165) is 37.9 Å². The van der Waals surface area contributed by atoms with Gasteiger partial charge in [-0.1, -0.05) is 12.1 Å². The van der Waals surface area contributed by atoms with Crippen molar-refractivity contribution in [1.82, 2.24) is 0 Å². The number of phenolic OH excluding ortho intramolecular Hbond substituents is 1. The topological polar surface area (TPSA) is 37.3 Å². The Bertz CT molecular complexity index is 444. The zero-order valence-corrected chi connectivity index (χ0v) is 11.2. The molecule has 1 aliphatic heterocycles. The highest BCUT2D eigenvalue weighted by Gasteiger charge is 2.39. The van der Waals surface area contributed by atoms with Crippen LogP contribution in [-0.4, -0.2) is 35.6 Å². The van der Waals surface area contributed by atoms with Crippen molar-refractivity contribution in [3.63, 3.8) is 0 Å². The first-order valence-corrected chi connectivity index (χ1v) is 6.75. The Morgan fingerprint density at radius 1 is 1.39 bits per heavy atom. The average molecular weight is 248 g/mol. The van der Waals surface area contributed by atoms with Crippen LogP contribution in [0, 0.1) is 0 Å². The molecule has 0 radical (unpaired) electrons. The zero-order chi connectivity index (χ0) is 13.2. The summed E-state index contributed by atoms with van der Waals surface area (Å²) in [6, 6.07) is 7.15. The van der Waals surface area contributed by atoms with Gasteiger partial charge in [-0.3, -0.25) is 4.48 Å². The number of quaternary nitrogens is 1. The van der Waals surface area contributed by atoms with Gasteiger partial charge in [-0.05, 0) is 43.9 Å². The van der Waals surface area contributed by atoms with Gasteiger partial charge >= 0.3 is 5.91 Å². The quantitative estimate of drug-likeness (QED) is 0.817. The van der Waals surface area contributed by atoms with Crippen molar-refractivity contribution in [3.05, 3.63) is 29.8 Å². The van der Waals surface area contributed by atoms with Crippen molar-refractivity contribution in [2.45, 2.75) is 32.1 Å². The number of phenols is 1. The van der Waals surface area contributed by atoms with Crippen LogP contribution in [0.3, 0.4) is 0 Å². The van der Waals surface area contributed by atoms with E-state index < -0.39 is 0 Å². The zero-order valence-electron chi connectivity index (χ0n) is 11.2. The molecule has 0 aliphatic carbocycles. The van der Waals surface area contributed by atoms with Crippen molar-refractivity contribution in [3.8, 4) is 5.75 Å². The maximum absolute atomic E-state index is 12.7. The average Bonchev–Trinajstić information content (AvgIpc) is 2.51. The van der Waals surface area contributed by atoms with E-state index in [1.165, 1.54) is 0 Å². The van der Waals surface area contributed by atoms with Gasteiger partial charge in [0.2, 0.25) is 0 Å². The van der Waals surface area contributed by atoms with Crippen LogP contribution >= 0.6 is 0 Å². The molecular weight excluding hydrogens is 226 g/mol. The van der Waals surface area contributed by atoms with Crippen LogP contribution in [0.4, 0.5) is 0 Å². The van der Waals surface area contributed by atoms with Gasteiger partial charge in [-0.2, -0.15) is 0 Å². The van der Waals surface area contributed by atoms with Gasteiger partial charge in [0.05, 0.1) is 26.1 Å². The minimum atomic E-state index is -0.0652. The fourth-order valence-electron chi connectivity index (χ4n) is 2.78. The molecule has 0 spiro atoms. The van der Waals surface area contributed by atoms with Crippen molar-refractivity contribution in [2.24, 2.45) is 0 Å². The molecule has 1 fully saturated rings. The number of carbonyl (C=O) groups excluding carboxylic acids is 1. The summed E-state index contributed by atoms with van der Waals surface area (Å²) in [6.07, 6.45) is 3.08. The summed E-state index contributed by atoms with van der Waals surface area (Å²) < 4.78 is 0.514. The number of aromatic hydroxyl groups is 1. The lowest BCUT2D eigenvalue weighted by atomic mass is 9.93. The van der Waals surface area contributed by atoms with Crippen LogP contribution in [0.5, 0.6) is 5.75 Å². The lowest BCUT2D eigenvalue weighted by Crippen LogP contribution is -2.50. The van der Waals surface area contributed by atoms with Crippen LogP contribution in [0.1, 0.15) is 37.7 Å². The minimum Gasteiger partial charge on any atom is -0.508 e. The summed E-state index contributed by atoms with van der Waals surface area (Å²) >= 11 is 0. The van der Waals surface area contributed by atoms with Crippen molar-refractivity contribution >= 4 is 5.91 Å². The molecule has 1 amide bonds. The maximum atomic E-state index is 12.7. The van der Waals surface area contributed by atoms with Gasteiger partial charge in [0.25, 0.3) is 0 Å². The summed E-state index contributed by atoms with van der Waals surface area (Å²) in [5, 5.41) is 9.57. The lowest BCUT2D eigenvalue weighted by Gasteiger charge is -2.31. The molecule has 3 nitrogen and oxygen atoms in total. The van der Waals surface area contributed by atoms with Gasteiger partial charge in [-0.25, -0.2) is 4.79 Å². The smallest absolute Gasteiger partial charge is 0.321 e. The van der Waals surface area contributed by atoms with Crippen molar-refractivity contribution in [2.75, 3.05) is 20.1 Å². The van der Waals surface area contributed by atoms with E-state index in [-0.39, 0.29) is 11.7 Å². The molecule has 1 heterocycles. The number of amides is 1. The molecule has 1 saturated heterocycles. The number of nitrogens with zero attached hydrogens (tertiary/aromatic N) is 1. The highest BCUT2D eigenvalue weighted by atomic mass is 16.3. The third kappa shape index (κ3) is 2.41. The van der Waals surface area contributed by atoms with Gasteiger partial charge in [0, 0.05) is 0 Å². The third-order valence-electron chi connectivity index (χ3n) is 4.20. The maximum Gasteiger partial charge on any atom is 0.321 e.